The van der Waals surface area contributed by atoms with Crippen molar-refractivity contribution in [3.8, 4) is 5.75 Å². The molecule has 2 aromatic rings. The van der Waals surface area contributed by atoms with E-state index in [0.29, 0.717) is 12.5 Å². The molecule has 1 heterocycles. The van der Waals surface area contributed by atoms with E-state index in [9.17, 15) is 5.11 Å². The molecule has 1 aliphatic rings. The Bertz CT molecular complexity index is 722. The fourth-order valence-electron chi connectivity index (χ4n) is 4.71. The molecule has 1 aliphatic heterocycles. The van der Waals surface area contributed by atoms with Crippen LogP contribution in [-0.2, 0) is 5.60 Å². The molecule has 2 aromatic carbocycles. The highest BCUT2D eigenvalue weighted by Gasteiger charge is 2.41. The van der Waals surface area contributed by atoms with E-state index in [1.165, 1.54) is 24.8 Å². The van der Waals surface area contributed by atoms with Crippen LogP contribution < -0.4 is 4.74 Å². The maximum absolute atomic E-state index is 12.3. The quantitative estimate of drug-likeness (QED) is 0.601. The van der Waals surface area contributed by atoms with Gasteiger partial charge in [-0.1, -0.05) is 62.7 Å². The van der Waals surface area contributed by atoms with Crippen molar-refractivity contribution in [3.05, 3.63) is 65.7 Å². The molecule has 158 valence electrons. The van der Waals surface area contributed by atoms with Gasteiger partial charge in [-0.2, -0.15) is 0 Å². The van der Waals surface area contributed by atoms with Crippen LogP contribution in [0.3, 0.4) is 0 Å². The molecule has 0 saturated carbocycles. The summed E-state index contributed by atoms with van der Waals surface area (Å²) in [5.41, 5.74) is 1.29. The van der Waals surface area contributed by atoms with Gasteiger partial charge < -0.3 is 14.7 Å². The van der Waals surface area contributed by atoms with Crippen molar-refractivity contribution in [3.63, 3.8) is 0 Å². The first kappa shape index (κ1) is 21.9. The van der Waals surface area contributed by atoms with Crippen LogP contribution >= 0.6 is 0 Å². The minimum Gasteiger partial charge on any atom is -0.494 e. The predicted octanol–water partition coefficient (Wildman–Crippen LogP) is 5.59. The zero-order chi connectivity index (χ0) is 20.7. The normalized spacial score (nSPS) is 18.4. The van der Waals surface area contributed by atoms with Gasteiger partial charge in [0.2, 0.25) is 0 Å². The van der Waals surface area contributed by atoms with Crippen molar-refractivity contribution in [1.29, 1.82) is 0 Å². The van der Waals surface area contributed by atoms with Gasteiger partial charge in [0.05, 0.1) is 12.2 Å². The Hall–Kier alpha value is -1.84. The Morgan fingerprint density at radius 1 is 0.966 bits per heavy atom. The van der Waals surface area contributed by atoms with Gasteiger partial charge in [0.1, 0.15) is 5.75 Å². The summed E-state index contributed by atoms with van der Waals surface area (Å²) in [5.74, 6) is 1.27. The van der Waals surface area contributed by atoms with Crippen molar-refractivity contribution in [2.24, 2.45) is 5.92 Å². The molecule has 0 aliphatic carbocycles. The molecule has 0 aromatic heterocycles. The second-order valence-corrected chi connectivity index (χ2v) is 8.80. The summed E-state index contributed by atoms with van der Waals surface area (Å²) in [4.78, 5) is 2.54. The zero-order valence-electron chi connectivity index (χ0n) is 18.3. The third-order valence-corrected chi connectivity index (χ3v) is 6.05. The second kappa shape index (κ2) is 10.3. The average molecular weight is 396 g/mol. The summed E-state index contributed by atoms with van der Waals surface area (Å²) in [6, 6.07) is 18.7. The van der Waals surface area contributed by atoms with Crippen LogP contribution in [0.2, 0.25) is 0 Å². The molecule has 0 radical (unpaired) electrons. The van der Waals surface area contributed by atoms with E-state index in [4.69, 9.17) is 4.74 Å². The van der Waals surface area contributed by atoms with E-state index in [-0.39, 0.29) is 5.92 Å². The molecular weight excluding hydrogens is 358 g/mol. The topological polar surface area (TPSA) is 32.7 Å². The van der Waals surface area contributed by atoms with Gasteiger partial charge >= 0.3 is 0 Å². The Kier molecular flexibility index (Phi) is 7.74. The van der Waals surface area contributed by atoms with Crippen LogP contribution in [0.5, 0.6) is 5.75 Å². The Balaban J connectivity index is 1.99. The lowest BCUT2D eigenvalue weighted by atomic mass is 9.72. The molecule has 1 fully saturated rings. The summed E-state index contributed by atoms with van der Waals surface area (Å²) in [6.45, 7) is 10.2. The standard InChI is InChI=1S/C26H37NO2/c1-4-29-24-15-13-23(14-16-24)26(28,19-21(2)3)25(22-11-7-5-8-12-22)20-27-17-9-6-10-18-27/h5,7-8,11-16,21,25,28H,4,6,9-10,17-20H2,1-3H3/t25-,26-/m0/s1. The highest BCUT2D eigenvalue weighted by molar-refractivity contribution is 5.35. The molecule has 0 bridgehead atoms. The number of nitrogens with zero attached hydrogens (tertiary/aromatic N) is 1. The van der Waals surface area contributed by atoms with Gasteiger partial charge in [0.25, 0.3) is 0 Å². The minimum absolute atomic E-state index is 0.0298. The molecule has 3 heteroatoms. The molecular formula is C26H37NO2. The van der Waals surface area contributed by atoms with Gasteiger partial charge in [0.15, 0.2) is 0 Å². The van der Waals surface area contributed by atoms with Gasteiger partial charge in [0, 0.05) is 12.5 Å². The SMILES string of the molecule is CCOc1ccc([C@@](O)(CC(C)C)[C@@H](CN2CCCCC2)c2ccccc2)cc1. The molecule has 0 spiro atoms. The molecule has 29 heavy (non-hydrogen) atoms. The lowest BCUT2D eigenvalue weighted by Gasteiger charge is -2.42. The van der Waals surface area contributed by atoms with Crippen molar-refractivity contribution >= 4 is 0 Å². The summed E-state index contributed by atoms with van der Waals surface area (Å²) in [6.07, 6.45) is 4.57. The fraction of sp³-hybridized carbons (Fsp3) is 0.538. The summed E-state index contributed by atoms with van der Waals surface area (Å²) >= 11 is 0. The van der Waals surface area contributed by atoms with Gasteiger partial charge in [-0.3, -0.25) is 0 Å². The summed E-state index contributed by atoms with van der Waals surface area (Å²) in [7, 11) is 0. The summed E-state index contributed by atoms with van der Waals surface area (Å²) < 4.78 is 5.63. The Morgan fingerprint density at radius 3 is 2.21 bits per heavy atom. The number of ether oxygens (including phenoxy) is 1. The van der Waals surface area contributed by atoms with E-state index in [0.717, 1.165) is 37.4 Å². The maximum Gasteiger partial charge on any atom is 0.119 e. The van der Waals surface area contributed by atoms with Crippen LogP contribution in [0.4, 0.5) is 0 Å². The number of piperidine rings is 1. The molecule has 2 atom stereocenters. The van der Waals surface area contributed by atoms with Crippen LogP contribution in [-0.4, -0.2) is 36.2 Å². The van der Waals surface area contributed by atoms with Crippen LogP contribution in [0.25, 0.3) is 0 Å². The largest absolute Gasteiger partial charge is 0.494 e. The lowest BCUT2D eigenvalue weighted by Crippen LogP contribution is -2.43. The third-order valence-electron chi connectivity index (χ3n) is 6.05. The highest BCUT2D eigenvalue weighted by atomic mass is 16.5. The molecule has 3 rings (SSSR count). The van der Waals surface area contributed by atoms with Crippen molar-refractivity contribution in [2.75, 3.05) is 26.2 Å². The maximum atomic E-state index is 12.3. The monoisotopic (exact) mass is 395 g/mol. The second-order valence-electron chi connectivity index (χ2n) is 8.80. The Labute approximate surface area is 176 Å². The van der Waals surface area contributed by atoms with Crippen LogP contribution in [0, 0.1) is 5.92 Å². The van der Waals surface area contributed by atoms with Gasteiger partial charge in [-0.25, -0.2) is 0 Å². The van der Waals surface area contributed by atoms with Crippen LogP contribution in [0.1, 0.15) is 63.5 Å². The first-order valence-corrected chi connectivity index (χ1v) is 11.3. The smallest absolute Gasteiger partial charge is 0.119 e. The predicted molar refractivity (Wildman–Crippen MR) is 120 cm³/mol. The lowest BCUT2D eigenvalue weighted by molar-refractivity contribution is -0.0245. The highest BCUT2D eigenvalue weighted by Crippen LogP contribution is 2.43. The molecule has 1 saturated heterocycles. The minimum atomic E-state index is -0.919. The van der Waals surface area contributed by atoms with Crippen LogP contribution in [0.15, 0.2) is 54.6 Å². The fourth-order valence-corrected chi connectivity index (χ4v) is 4.71. The zero-order valence-corrected chi connectivity index (χ0v) is 18.3. The van der Waals surface area contributed by atoms with E-state index in [1.54, 1.807) is 0 Å². The molecule has 3 nitrogen and oxygen atoms in total. The molecule has 0 amide bonds. The van der Waals surface area contributed by atoms with E-state index >= 15 is 0 Å². The Morgan fingerprint density at radius 2 is 1.62 bits per heavy atom. The summed E-state index contributed by atoms with van der Waals surface area (Å²) in [5, 5.41) is 12.3. The number of likely N-dealkylation sites (tertiary alicyclic amines) is 1. The van der Waals surface area contributed by atoms with E-state index in [1.807, 2.05) is 19.1 Å². The van der Waals surface area contributed by atoms with E-state index < -0.39 is 5.60 Å². The van der Waals surface area contributed by atoms with Crippen molar-refractivity contribution in [2.45, 2.75) is 58.0 Å². The van der Waals surface area contributed by atoms with Gasteiger partial charge in [-0.05, 0) is 68.5 Å². The van der Waals surface area contributed by atoms with Gasteiger partial charge in [-0.15, -0.1) is 0 Å². The molecule has 1 N–H and O–H groups in total. The average Bonchev–Trinajstić information content (AvgIpc) is 2.73. The number of hydrogen-bond donors (Lipinski definition) is 1. The van der Waals surface area contributed by atoms with E-state index in [2.05, 4.69) is 61.2 Å². The first-order valence-electron chi connectivity index (χ1n) is 11.3. The van der Waals surface area contributed by atoms with Crippen molar-refractivity contribution in [1.82, 2.24) is 4.90 Å². The van der Waals surface area contributed by atoms with Crippen molar-refractivity contribution < 1.29 is 9.84 Å². The number of aliphatic hydroxyl groups is 1. The molecule has 0 unspecified atom stereocenters. The number of hydrogen-bond acceptors (Lipinski definition) is 3. The third kappa shape index (κ3) is 5.61. The number of benzene rings is 2. The number of rotatable bonds is 9. The first-order chi connectivity index (χ1) is 14.0.